The summed E-state index contributed by atoms with van der Waals surface area (Å²) in [6.45, 7) is 3.38. The Morgan fingerprint density at radius 3 is 2.00 bits per heavy atom. The minimum absolute atomic E-state index is 0.0661. The molecule has 2 rings (SSSR count). The molecule has 0 atom stereocenters. The number of aryl methyl sites for hydroxylation is 1. The maximum Gasteiger partial charge on any atom is 0.129 e. The minimum Gasteiger partial charge on any atom is -0.207 e. The molecule has 0 aliphatic rings. The molecule has 82 valence electrons. The molecule has 0 heterocycles. The van der Waals surface area contributed by atoms with Gasteiger partial charge in [-0.15, -0.1) is 0 Å². The zero-order valence-corrected chi connectivity index (χ0v) is 9.22. The molecule has 0 spiro atoms. The summed E-state index contributed by atoms with van der Waals surface area (Å²) in [5, 5.41) is 0. The van der Waals surface area contributed by atoms with E-state index in [4.69, 9.17) is 0 Å². The molecule has 0 aliphatic carbocycles. The second kappa shape index (κ2) is 4.05. The Labute approximate surface area is 93.5 Å². The Hall–Kier alpha value is -1.70. The number of hydrogen-bond acceptors (Lipinski definition) is 0. The van der Waals surface area contributed by atoms with Crippen molar-refractivity contribution in [1.82, 2.24) is 0 Å². The summed E-state index contributed by atoms with van der Waals surface area (Å²) in [5.41, 5.74) is 2.54. The third-order valence-corrected chi connectivity index (χ3v) is 2.63. The van der Waals surface area contributed by atoms with Gasteiger partial charge >= 0.3 is 0 Å². The summed E-state index contributed by atoms with van der Waals surface area (Å²) in [4.78, 5) is 0. The standard InChI is InChI=1S/C14H12F2/c1-9-4-3-5-11(6-9)12-7-13(15)10(2)14(16)8-12/h3-8H,1-2H3. The second-order valence-electron chi connectivity index (χ2n) is 3.93. The third-order valence-electron chi connectivity index (χ3n) is 2.63. The molecule has 0 N–H and O–H groups in total. The van der Waals surface area contributed by atoms with Crippen LogP contribution < -0.4 is 0 Å². The number of hydrogen-bond donors (Lipinski definition) is 0. The van der Waals surface area contributed by atoms with E-state index in [0.717, 1.165) is 11.1 Å². The summed E-state index contributed by atoms with van der Waals surface area (Å²) in [5.74, 6) is -1.01. The third kappa shape index (κ3) is 1.96. The molecule has 0 aromatic heterocycles. The van der Waals surface area contributed by atoms with Crippen molar-refractivity contribution in [3.05, 3.63) is 59.2 Å². The highest BCUT2D eigenvalue weighted by atomic mass is 19.1. The smallest absolute Gasteiger partial charge is 0.129 e. The van der Waals surface area contributed by atoms with Crippen molar-refractivity contribution in [2.24, 2.45) is 0 Å². The van der Waals surface area contributed by atoms with Gasteiger partial charge in [0.05, 0.1) is 0 Å². The van der Waals surface area contributed by atoms with Gasteiger partial charge in [-0.05, 0) is 37.1 Å². The van der Waals surface area contributed by atoms with Gasteiger partial charge in [0.25, 0.3) is 0 Å². The molecule has 16 heavy (non-hydrogen) atoms. The maximum absolute atomic E-state index is 13.4. The first kappa shape index (κ1) is 10.8. The normalized spacial score (nSPS) is 10.5. The van der Waals surface area contributed by atoms with Crippen LogP contribution in [0.4, 0.5) is 8.78 Å². The molecular weight excluding hydrogens is 206 g/mol. The van der Waals surface area contributed by atoms with Gasteiger partial charge in [-0.3, -0.25) is 0 Å². The van der Waals surface area contributed by atoms with E-state index in [1.54, 1.807) is 0 Å². The lowest BCUT2D eigenvalue weighted by atomic mass is 10.0. The van der Waals surface area contributed by atoms with E-state index in [1.807, 2.05) is 31.2 Å². The average Bonchev–Trinajstić information content (AvgIpc) is 2.25. The highest BCUT2D eigenvalue weighted by Gasteiger charge is 2.07. The fraction of sp³-hybridized carbons (Fsp3) is 0.143. The van der Waals surface area contributed by atoms with Crippen LogP contribution in [0.25, 0.3) is 11.1 Å². The van der Waals surface area contributed by atoms with Crippen molar-refractivity contribution in [1.29, 1.82) is 0 Å². The van der Waals surface area contributed by atoms with Crippen LogP contribution in [0.1, 0.15) is 11.1 Å². The largest absolute Gasteiger partial charge is 0.207 e. The Balaban J connectivity index is 2.57. The molecule has 0 fully saturated rings. The van der Waals surface area contributed by atoms with E-state index >= 15 is 0 Å². The molecule has 0 unspecified atom stereocenters. The predicted octanol–water partition coefficient (Wildman–Crippen LogP) is 4.25. The van der Waals surface area contributed by atoms with Gasteiger partial charge in [0.15, 0.2) is 0 Å². The van der Waals surface area contributed by atoms with Crippen LogP contribution in [-0.4, -0.2) is 0 Å². The molecule has 0 saturated heterocycles. The van der Waals surface area contributed by atoms with Gasteiger partial charge in [0.2, 0.25) is 0 Å². The van der Waals surface area contributed by atoms with Gasteiger partial charge < -0.3 is 0 Å². The molecule has 0 aliphatic heterocycles. The molecule has 2 aromatic rings. The Bertz CT molecular complexity index is 507. The van der Waals surface area contributed by atoms with Crippen LogP contribution in [0.5, 0.6) is 0 Å². The Kier molecular flexibility index (Phi) is 2.73. The average molecular weight is 218 g/mol. The zero-order chi connectivity index (χ0) is 11.7. The molecule has 0 nitrogen and oxygen atoms in total. The Morgan fingerprint density at radius 2 is 1.44 bits per heavy atom. The van der Waals surface area contributed by atoms with Crippen LogP contribution in [0.2, 0.25) is 0 Å². The summed E-state index contributed by atoms with van der Waals surface area (Å²) in [7, 11) is 0. The summed E-state index contributed by atoms with van der Waals surface area (Å²) < 4.78 is 26.8. The molecule has 0 saturated carbocycles. The van der Waals surface area contributed by atoms with Gasteiger partial charge in [-0.2, -0.15) is 0 Å². The molecule has 0 bridgehead atoms. The molecule has 2 heteroatoms. The van der Waals surface area contributed by atoms with Crippen LogP contribution in [0, 0.1) is 25.5 Å². The van der Waals surface area contributed by atoms with Crippen molar-refractivity contribution in [3.63, 3.8) is 0 Å². The minimum atomic E-state index is -0.503. The van der Waals surface area contributed by atoms with Gasteiger partial charge in [-0.25, -0.2) is 8.78 Å². The van der Waals surface area contributed by atoms with Crippen LogP contribution in [0.3, 0.4) is 0 Å². The highest BCUT2D eigenvalue weighted by Crippen LogP contribution is 2.24. The highest BCUT2D eigenvalue weighted by molar-refractivity contribution is 5.64. The maximum atomic E-state index is 13.4. The van der Waals surface area contributed by atoms with Crippen molar-refractivity contribution in [2.75, 3.05) is 0 Å². The second-order valence-corrected chi connectivity index (χ2v) is 3.93. The fourth-order valence-corrected chi connectivity index (χ4v) is 1.64. The summed E-state index contributed by atoms with van der Waals surface area (Å²) in [6, 6.07) is 10.3. The summed E-state index contributed by atoms with van der Waals surface area (Å²) >= 11 is 0. The number of benzene rings is 2. The van der Waals surface area contributed by atoms with Gasteiger partial charge in [-0.1, -0.05) is 29.8 Å². The van der Waals surface area contributed by atoms with Crippen molar-refractivity contribution < 1.29 is 8.78 Å². The predicted molar refractivity (Wildman–Crippen MR) is 61.3 cm³/mol. The number of rotatable bonds is 1. The topological polar surface area (TPSA) is 0 Å². The van der Waals surface area contributed by atoms with E-state index in [2.05, 4.69) is 0 Å². The van der Waals surface area contributed by atoms with E-state index in [1.165, 1.54) is 19.1 Å². The lowest BCUT2D eigenvalue weighted by Crippen LogP contribution is -1.90. The van der Waals surface area contributed by atoms with Crippen molar-refractivity contribution in [3.8, 4) is 11.1 Å². The first-order valence-electron chi connectivity index (χ1n) is 5.10. The molecular formula is C14H12F2. The summed E-state index contributed by atoms with van der Waals surface area (Å²) in [6.07, 6.45) is 0. The monoisotopic (exact) mass is 218 g/mol. The lowest BCUT2D eigenvalue weighted by Gasteiger charge is -2.06. The molecule has 2 aromatic carbocycles. The SMILES string of the molecule is Cc1cccc(-c2cc(F)c(C)c(F)c2)c1. The first-order chi connectivity index (χ1) is 7.58. The van der Waals surface area contributed by atoms with E-state index < -0.39 is 11.6 Å². The van der Waals surface area contributed by atoms with Gasteiger partial charge in [0, 0.05) is 5.56 Å². The molecule has 0 radical (unpaired) electrons. The van der Waals surface area contributed by atoms with Crippen LogP contribution in [-0.2, 0) is 0 Å². The zero-order valence-electron chi connectivity index (χ0n) is 9.22. The van der Waals surface area contributed by atoms with E-state index in [-0.39, 0.29) is 5.56 Å². The van der Waals surface area contributed by atoms with E-state index in [0.29, 0.717) is 5.56 Å². The molecule has 0 amide bonds. The van der Waals surface area contributed by atoms with Crippen LogP contribution in [0.15, 0.2) is 36.4 Å². The van der Waals surface area contributed by atoms with Crippen LogP contribution >= 0.6 is 0 Å². The Morgan fingerprint density at radius 1 is 0.812 bits per heavy atom. The van der Waals surface area contributed by atoms with Crippen molar-refractivity contribution in [2.45, 2.75) is 13.8 Å². The number of halogens is 2. The van der Waals surface area contributed by atoms with Gasteiger partial charge in [0.1, 0.15) is 11.6 Å². The van der Waals surface area contributed by atoms with Crippen molar-refractivity contribution >= 4 is 0 Å². The fourth-order valence-electron chi connectivity index (χ4n) is 1.64. The van der Waals surface area contributed by atoms with E-state index in [9.17, 15) is 8.78 Å². The lowest BCUT2D eigenvalue weighted by molar-refractivity contribution is 0.569. The first-order valence-corrected chi connectivity index (χ1v) is 5.10. The quantitative estimate of drug-likeness (QED) is 0.671.